The number of fused-ring (bicyclic) bond motifs is 5. The van der Waals surface area contributed by atoms with Crippen molar-refractivity contribution in [3.63, 3.8) is 0 Å². The number of nitrogens with zero attached hydrogens (tertiary/aromatic N) is 2. The molecular weight excluding hydrogens is 412 g/mol. The summed E-state index contributed by atoms with van der Waals surface area (Å²) in [5.74, 6) is 2.28. The monoisotopic (exact) mass is 456 g/mol. The first-order valence-corrected chi connectivity index (χ1v) is 13.4. The van der Waals surface area contributed by atoms with E-state index < -0.39 is 11.2 Å². The molecule has 0 aromatic heterocycles. The lowest BCUT2D eigenvalue weighted by molar-refractivity contribution is -0.206. The third kappa shape index (κ3) is 3.95. The Bertz CT molecular complexity index is 855. The molecule has 33 heavy (non-hydrogen) atoms. The molecule has 4 aliphatic carbocycles. The molecule has 1 aliphatic heterocycles. The number of aliphatic hydroxyl groups is 2. The van der Waals surface area contributed by atoms with Crippen molar-refractivity contribution in [2.75, 3.05) is 13.1 Å². The Kier molecular flexibility index (Phi) is 5.92. The summed E-state index contributed by atoms with van der Waals surface area (Å²) < 4.78 is 0. The van der Waals surface area contributed by atoms with Gasteiger partial charge in [-0.15, -0.1) is 0 Å². The highest BCUT2D eigenvalue weighted by Gasteiger charge is 2.65. The van der Waals surface area contributed by atoms with Crippen LogP contribution in [0.2, 0.25) is 0 Å². The fourth-order valence-corrected chi connectivity index (χ4v) is 8.63. The number of hydrazone groups is 1. The summed E-state index contributed by atoms with van der Waals surface area (Å²) in [4.78, 5) is 4.36. The molecule has 0 radical (unpaired) electrons. The van der Waals surface area contributed by atoms with Crippen molar-refractivity contribution in [1.82, 2.24) is 10.7 Å². The first-order chi connectivity index (χ1) is 15.7. The molecule has 4 fully saturated rings. The Morgan fingerprint density at radius 1 is 1.06 bits per heavy atom. The van der Waals surface area contributed by atoms with Crippen molar-refractivity contribution in [2.24, 2.45) is 38.7 Å². The Morgan fingerprint density at radius 2 is 1.91 bits per heavy atom. The van der Waals surface area contributed by atoms with E-state index in [4.69, 9.17) is 0 Å². The Morgan fingerprint density at radius 3 is 2.70 bits per heavy atom. The maximum Gasteiger partial charge on any atom is 0.212 e. The normalized spacial score (nSPS) is 47.8. The number of hydrogen-bond acceptors (Lipinski definition) is 6. The zero-order valence-corrected chi connectivity index (χ0v) is 20.9. The highest BCUT2D eigenvalue weighted by atomic mass is 16.3. The Balaban J connectivity index is 1.27. The fraction of sp³-hybridized carbons (Fsp3) is 0.852. The first kappa shape index (κ1) is 23.3. The number of guanidine groups is 1. The van der Waals surface area contributed by atoms with Crippen LogP contribution in [0.5, 0.6) is 0 Å². The number of rotatable bonds is 3. The molecule has 0 saturated heterocycles. The van der Waals surface area contributed by atoms with Gasteiger partial charge in [0.25, 0.3) is 0 Å². The molecule has 5 aliphatic rings. The fourth-order valence-electron chi connectivity index (χ4n) is 8.63. The second-order valence-electron chi connectivity index (χ2n) is 12.4. The van der Waals surface area contributed by atoms with E-state index in [1.165, 1.54) is 25.7 Å². The van der Waals surface area contributed by atoms with Gasteiger partial charge in [0.2, 0.25) is 5.96 Å². The minimum atomic E-state index is -0.763. The van der Waals surface area contributed by atoms with Crippen molar-refractivity contribution < 1.29 is 10.2 Å². The van der Waals surface area contributed by atoms with E-state index in [1.807, 2.05) is 13.0 Å². The second kappa shape index (κ2) is 8.37. The summed E-state index contributed by atoms with van der Waals surface area (Å²) >= 11 is 0. The highest BCUT2D eigenvalue weighted by Crippen LogP contribution is 2.68. The van der Waals surface area contributed by atoms with Crippen LogP contribution in [-0.4, -0.2) is 46.7 Å². The van der Waals surface area contributed by atoms with E-state index in [9.17, 15) is 10.2 Å². The van der Waals surface area contributed by atoms with Crippen LogP contribution in [0.4, 0.5) is 0 Å². The highest BCUT2D eigenvalue weighted by molar-refractivity contribution is 5.83. The lowest BCUT2D eigenvalue weighted by Crippen LogP contribution is -2.61. The number of hydrogen-bond donors (Lipinski definition) is 4. The summed E-state index contributed by atoms with van der Waals surface area (Å²) in [6.45, 7) is 8.61. The zero-order chi connectivity index (χ0) is 23.3. The van der Waals surface area contributed by atoms with Gasteiger partial charge in [-0.2, -0.15) is 5.10 Å². The van der Waals surface area contributed by atoms with Crippen molar-refractivity contribution in [3.8, 4) is 0 Å². The standard InChI is InChI=1S/C27H44N4O2/c1-19(18-30-31-23-28-14-5-15-29-23)16-26(32)13-12-25(3)20(17-26)6-7-22-21(25)8-11-24(2)9-4-10-27(22,24)33/h16,18,20-22,32-33H,4-15,17H2,1-3H3,(H2,28,29,31)/t20-,21+,22-,24+,25+,26-,27+/m1/s1. The van der Waals surface area contributed by atoms with Gasteiger partial charge in [-0.3, -0.25) is 4.99 Å². The molecule has 7 atom stereocenters. The molecule has 184 valence electrons. The molecule has 0 spiro atoms. The minimum absolute atomic E-state index is 0.124. The van der Waals surface area contributed by atoms with Crippen LogP contribution in [0.15, 0.2) is 21.7 Å². The molecule has 0 bridgehead atoms. The van der Waals surface area contributed by atoms with Crippen molar-refractivity contribution in [3.05, 3.63) is 11.6 Å². The Hall–Kier alpha value is -1.40. The quantitative estimate of drug-likeness (QED) is 0.380. The van der Waals surface area contributed by atoms with Gasteiger partial charge in [-0.1, -0.05) is 13.8 Å². The summed E-state index contributed by atoms with van der Waals surface area (Å²) in [5.41, 5.74) is 3.08. The topological polar surface area (TPSA) is 89.2 Å². The lowest BCUT2D eigenvalue weighted by atomic mass is 9.43. The van der Waals surface area contributed by atoms with Gasteiger partial charge in [0.15, 0.2) is 0 Å². The van der Waals surface area contributed by atoms with E-state index in [0.29, 0.717) is 17.8 Å². The van der Waals surface area contributed by atoms with Crippen molar-refractivity contribution in [1.29, 1.82) is 0 Å². The van der Waals surface area contributed by atoms with Crippen LogP contribution in [0.25, 0.3) is 0 Å². The predicted molar refractivity (Wildman–Crippen MR) is 133 cm³/mol. The van der Waals surface area contributed by atoms with Crippen LogP contribution in [-0.2, 0) is 0 Å². The molecule has 5 rings (SSSR count). The summed E-state index contributed by atoms with van der Waals surface area (Å²) in [6.07, 6.45) is 15.6. The van der Waals surface area contributed by atoms with Gasteiger partial charge in [0.1, 0.15) is 0 Å². The average Bonchev–Trinajstić information content (AvgIpc) is 3.10. The number of nitrogens with one attached hydrogen (secondary N) is 2. The van der Waals surface area contributed by atoms with Gasteiger partial charge in [0, 0.05) is 19.3 Å². The molecule has 0 aromatic carbocycles. The van der Waals surface area contributed by atoms with E-state index in [-0.39, 0.29) is 10.8 Å². The summed E-state index contributed by atoms with van der Waals surface area (Å²) in [7, 11) is 0. The van der Waals surface area contributed by atoms with E-state index in [2.05, 4.69) is 34.7 Å². The molecule has 0 unspecified atom stereocenters. The molecule has 6 heteroatoms. The average molecular weight is 457 g/mol. The summed E-state index contributed by atoms with van der Waals surface area (Å²) in [5, 5.41) is 30.9. The third-order valence-electron chi connectivity index (χ3n) is 10.6. The molecule has 4 saturated carbocycles. The van der Waals surface area contributed by atoms with E-state index in [0.717, 1.165) is 69.6 Å². The Labute approximate surface area is 199 Å². The SMILES string of the molecule is CC(C=NNC1=NCCCN1)=C[C@]1(O)CC[C@@]2(C)[C@H](CC[C@@H]3[C@@H]2CC[C@]2(C)CCC[C@]32O)C1. The smallest absolute Gasteiger partial charge is 0.212 e. The number of allylic oxidation sites excluding steroid dienone is 1. The van der Waals surface area contributed by atoms with Crippen molar-refractivity contribution in [2.45, 2.75) is 103 Å². The first-order valence-electron chi connectivity index (χ1n) is 13.4. The molecule has 1 heterocycles. The molecule has 0 aromatic rings. The van der Waals surface area contributed by atoms with Crippen LogP contribution in [0, 0.1) is 28.6 Å². The minimum Gasteiger partial charge on any atom is -0.389 e. The molecule has 4 N–H and O–H groups in total. The van der Waals surface area contributed by atoms with Crippen LogP contribution < -0.4 is 10.7 Å². The van der Waals surface area contributed by atoms with Gasteiger partial charge in [-0.25, -0.2) is 5.43 Å². The van der Waals surface area contributed by atoms with E-state index in [1.54, 1.807) is 6.21 Å². The van der Waals surface area contributed by atoms with Crippen LogP contribution >= 0.6 is 0 Å². The molecular formula is C27H44N4O2. The van der Waals surface area contributed by atoms with Crippen LogP contribution in [0.3, 0.4) is 0 Å². The number of aliphatic imine (C=N–C) groups is 1. The zero-order valence-electron chi connectivity index (χ0n) is 20.9. The van der Waals surface area contributed by atoms with Crippen molar-refractivity contribution >= 4 is 12.2 Å². The third-order valence-corrected chi connectivity index (χ3v) is 10.6. The summed E-state index contributed by atoms with van der Waals surface area (Å²) in [6, 6.07) is 0. The molecule has 6 nitrogen and oxygen atoms in total. The maximum absolute atomic E-state index is 11.9. The van der Waals surface area contributed by atoms with Gasteiger partial charge in [0.05, 0.1) is 11.2 Å². The van der Waals surface area contributed by atoms with Gasteiger partial charge >= 0.3 is 0 Å². The predicted octanol–water partition coefficient (Wildman–Crippen LogP) is 4.14. The van der Waals surface area contributed by atoms with Crippen LogP contribution in [0.1, 0.15) is 91.4 Å². The largest absolute Gasteiger partial charge is 0.389 e. The molecule has 0 amide bonds. The van der Waals surface area contributed by atoms with Gasteiger partial charge in [-0.05, 0) is 118 Å². The lowest BCUT2D eigenvalue weighted by Gasteiger charge is -2.63. The van der Waals surface area contributed by atoms with E-state index >= 15 is 0 Å². The second-order valence-corrected chi connectivity index (χ2v) is 12.4. The maximum atomic E-state index is 11.9. The van der Waals surface area contributed by atoms with Gasteiger partial charge < -0.3 is 15.5 Å².